The molecule has 0 heterocycles. The van der Waals surface area contributed by atoms with E-state index in [2.05, 4.69) is 16.6 Å². The van der Waals surface area contributed by atoms with Crippen LogP contribution in [0.15, 0.2) is 24.3 Å². The summed E-state index contributed by atoms with van der Waals surface area (Å²) < 4.78 is 40.5. The second kappa shape index (κ2) is 8.44. The molecule has 0 saturated carbocycles. The van der Waals surface area contributed by atoms with E-state index >= 15 is 0 Å². The fourth-order valence-electron chi connectivity index (χ4n) is 1.74. The van der Waals surface area contributed by atoms with Gasteiger partial charge in [0.15, 0.2) is 0 Å². The zero-order valence-electron chi connectivity index (χ0n) is 13.8. The van der Waals surface area contributed by atoms with Crippen LogP contribution in [-0.2, 0) is 15.7 Å². The van der Waals surface area contributed by atoms with Crippen molar-refractivity contribution in [2.75, 3.05) is 13.2 Å². The lowest BCUT2D eigenvalue weighted by molar-refractivity contribution is 0.196. The third-order valence-corrected chi connectivity index (χ3v) is 5.19. The molecule has 0 radical (unpaired) electrons. The van der Waals surface area contributed by atoms with Gasteiger partial charge >= 0.3 is 0 Å². The van der Waals surface area contributed by atoms with E-state index in [9.17, 15) is 12.8 Å². The van der Waals surface area contributed by atoms with Crippen molar-refractivity contribution in [3.8, 4) is 11.8 Å². The molecule has 0 saturated heterocycles. The van der Waals surface area contributed by atoms with Crippen molar-refractivity contribution in [1.82, 2.24) is 4.72 Å². The van der Waals surface area contributed by atoms with Crippen molar-refractivity contribution in [2.45, 2.75) is 44.5 Å². The second-order valence-electron chi connectivity index (χ2n) is 5.82. The lowest BCUT2D eigenvalue weighted by Gasteiger charge is -2.22. The highest BCUT2D eigenvalue weighted by Crippen LogP contribution is 2.25. The highest BCUT2D eigenvalue weighted by atomic mass is 32.2. The quantitative estimate of drug-likeness (QED) is 0.591. The van der Waals surface area contributed by atoms with Crippen molar-refractivity contribution in [3.05, 3.63) is 35.4 Å². The third kappa shape index (κ3) is 6.30. The summed E-state index contributed by atoms with van der Waals surface area (Å²) in [4.78, 5) is 0. The average molecular weight is 341 g/mol. The van der Waals surface area contributed by atoms with E-state index in [1.165, 1.54) is 6.92 Å². The molecule has 0 aliphatic heterocycles. The van der Waals surface area contributed by atoms with Gasteiger partial charge in [-0.15, -0.1) is 0 Å². The molecule has 0 aromatic heterocycles. The summed E-state index contributed by atoms with van der Waals surface area (Å²) in [5.74, 6) is 5.86. The Morgan fingerprint density at radius 2 is 1.91 bits per heavy atom. The predicted octanol–water partition coefficient (Wildman–Crippen LogP) is 2.32. The van der Waals surface area contributed by atoms with Gasteiger partial charge in [-0.2, -0.15) is 0 Å². The first kappa shape index (κ1) is 19.6. The van der Waals surface area contributed by atoms with Crippen LogP contribution in [0.2, 0.25) is 0 Å². The molecule has 0 amide bonds. The molecule has 6 heteroatoms. The van der Waals surface area contributed by atoms with Crippen LogP contribution < -0.4 is 4.72 Å². The normalized spacial score (nSPS) is 14.2. The topological polar surface area (TPSA) is 66.4 Å². The Hall–Kier alpha value is -1.42. The van der Waals surface area contributed by atoms with Crippen molar-refractivity contribution in [2.24, 2.45) is 0 Å². The SMILES string of the molecule is CC(C)S(=O)(=O)NCC(C)(F)c1ccc(C#CCCCO)cc1. The van der Waals surface area contributed by atoms with Crippen molar-refractivity contribution in [1.29, 1.82) is 0 Å². The highest BCUT2D eigenvalue weighted by Gasteiger charge is 2.28. The van der Waals surface area contributed by atoms with E-state index in [1.54, 1.807) is 38.1 Å². The van der Waals surface area contributed by atoms with Gasteiger partial charge in [-0.25, -0.2) is 17.5 Å². The van der Waals surface area contributed by atoms with Gasteiger partial charge in [-0.05, 0) is 44.9 Å². The monoisotopic (exact) mass is 341 g/mol. The van der Waals surface area contributed by atoms with Gasteiger partial charge in [0.2, 0.25) is 10.0 Å². The number of hydrogen-bond donors (Lipinski definition) is 2. The van der Waals surface area contributed by atoms with Gasteiger partial charge < -0.3 is 5.11 Å². The summed E-state index contributed by atoms with van der Waals surface area (Å²) in [6.45, 7) is 4.23. The van der Waals surface area contributed by atoms with Crippen LogP contribution in [0.5, 0.6) is 0 Å². The largest absolute Gasteiger partial charge is 0.396 e. The van der Waals surface area contributed by atoms with E-state index in [0.29, 0.717) is 18.4 Å². The Morgan fingerprint density at radius 1 is 1.30 bits per heavy atom. The van der Waals surface area contributed by atoms with Crippen LogP contribution in [-0.4, -0.2) is 31.9 Å². The molecule has 128 valence electrons. The number of alkyl halides is 1. The maximum absolute atomic E-state index is 14.7. The molecule has 0 spiro atoms. The Balaban J connectivity index is 2.75. The zero-order chi connectivity index (χ0) is 17.5. The Bertz CT molecular complexity index is 655. The fraction of sp³-hybridized carbons (Fsp3) is 0.529. The standard InChI is InChI=1S/C17H24FNO3S/c1-14(2)23(21,22)19-13-17(3,18)16-10-8-15(9-11-16)7-5-4-6-12-20/h8-11,14,19-20H,4,6,12-13H2,1-3H3. The first-order valence-electron chi connectivity index (χ1n) is 7.57. The van der Waals surface area contributed by atoms with Gasteiger partial charge in [0.25, 0.3) is 0 Å². The molecule has 0 aliphatic rings. The van der Waals surface area contributed by atoms with E-state index in [-0.39, 0.29) is 13.2 Å². The van der Waals surface area contributed by atoms with E-state index < -0.39 is 20.9 Å². The maximum atomic E-state index is 14.7. The molecular formula is C17H24FNO3S. The lowest BCUT2D eigenvalue weighted by atomic mass is 9.97. The lowest BCUT2D eigenvalue weighted by Crippen LogP contribution is -2.39. The number of aliphatic hydroxyl groups excluding tert-OH is 1. The molecule has 23 heavy (non-hydrogen) atoms. The maximum Gasteiger partial charge on any atom is 0.214 e. The molecule has 4 nitrogen and oxygen atoms in total. The molecule has 0 fully saturated rings. The average Bonchev–Trinajstić information content (AvgIpc) is 2.50. The molecular weight excluding hydrogens is 317 g/mol. The summed E-state index contributed by atoms with van der Waals surface area (Å²) in [7, 11) is -3.50. The third-order valence-electron chi connectivity index (χ3n) is 3.41. The van der Waals surface area contributed by atoms with Gasteiger partial charge in [0.05, 0.1) is 5.25 Å². The zero-order valence-corrected chi connectivity index (χ0v) is 14.6. The smallest absolute Gasteiger partial charge is 0.214 e. The summed E-state index contributed by atoms with van der Waals surface area (Å²) in [5.41, 5.74) is -0.653. The first-order chi connectivity index (χ1) is 10.7. The van der Waals surface area contributed by atoms with Gasteiger partial charge in [0.1, 0.15) is 5.67 Å². The minimum Gasteiger partial charge on any atom is -0.396 e. The van der Waals surface area contributed by atoms with Gasteiger partial charge in [-0.1, -0.05) is 24.0 Å². The van der Waals surface area contributed by atoms with Crippen LogP contribution >= 0.6 is 0 Å². The highest BCUT2D eigenvalue weighted by molar-refractivity contribution is 7.90. The van der Waals surface area contributed by atoms with E-state index in [0.717, 1.165) is 5.56 Å². The summed E-state index contributed by atoms with van der Waals surface area (Å²) >= 11 is 0. The minimum atomic E-state index is -3.50. The fourth-order valence-corrected chi connectivity index (χ4v) is 2.54. The van der Waals surface area contributed by atoms with Crippen LogP contribution in [0.25, 0.3) is 0 Å². The van der Waals surface area contributed by atoms with E-state index in [4.69, 9.17) is 5.11 Å². The molecule has 2 N–H and O–H groups in total. The number of rotatable bonds is 7. The molecule has 1 unspecified atom stereocenters. The van der Waals surface area contributed by atoms with Crippen LogP contribution in [0.1, 0.15) is 44.7 Å². The van der Waals surface area contributed by atoms with Crippen LogP contribution in [0.3, 0.4) is 0 Å². The molecule has 1 aromatic carbocycles. The Kier molecular flexibility index (Phi) is 7.20. The predicted molar refractivity (Wildman–Crippen MR) is 90.2 cm³/mol. The van der Waals surface area contributed by atoms with Crippen LogP contribution in [0, 0.1) is 11.8 Å². The number of unbranched alkanes of at least 4 members (excludes halogenated alkanes) is 1. The van der Waals surface area contributed by atoms with Crippen molar-refractivity contribution < 1.29 is 17.9 Å². The molecule has 1 rings (SSSR count). The Labute approximate surface area is 138 Å². The number of sulfonamides is 1. The molecule has 0 aliphatic carbocycles. The van der Waals surface area contributed by atoms with Crippen molar-refractivity contribution >= 4 is 10.0 Å². The first-order valence-corrected chi connectivity index (χ1v) is 9.11. The number of nitrogens with one attached hydrogen (secondary N) is 1. The second-order valence-corrected chi connectivity index (χ2v) is 8.14. The summed E-state index contributed by atoms with van der Waals surface area (Å²) in [5, 5.41) is 8.07. The van der Waals surface area contributed by atoms with Crippen LogP contribution in [0.4, 0.5) is 4.39 Å². The summed E-state index contributed by atoms with van der Waals surface area (Å²) in [6.07, 6.45) is 1.24. The number of hydrogen-bond acceptors (Lipinski definition) is 3. The minimum absolute atomic E-state index is 0.111. The van der Waals surface area contributed by atoms with E-state index in [1.807, 2.05) is 0 Å². The number of aliphatic hydroxyl groups is 1. The van der Waals surface area contributed by atoms with Gasteiger partial charge in [0, 0.05) is 25.1 Å². The molecule has 1 atom stereocenters. The van der Waals surface area contributed by atoms with Gasteiger partial charge in [-0.3, -0.25) is 0 Å². The number of halogens is 1. The summed E-state index contributed by atoms with van der Waals surface area (Å²) in [6, 6.07) is 6.63. The molecule has 0 bridgehead atoms. The molecule has 1 aromatic rings. The van der Waals surface area contributed by atoms with Crippen molar-refractivity contribution in [3.63, 3.8) is 0 Å². The number of benzene rings is 1. The Morgan fingerprint density at radius 3 is 2.43 bits per heavy atom.